The fourth-order valence-electron chi connectivity index (χ4n) is 11.8. The van der Waals surface area contributed by atoms with Crippen molar-refractivity contribution in [2.24, 2.45) is 50.2 Å². The molecule has 10 atom stereocenters. The molecule has 0 aromatic carbocycles. The van der Waals surface area contributed by atoms with Crippen molar-refractivity contribution in [1.82, 2.24) is 0 Å². The van der Waals surface area contributed by atoms with Crippen LogP contribution in [-0.4, -0.2) is 40.9 Å². The molecule has 6 rings (SSSR count). The van der Waals surface area contributed by atoms with Crippen molar-refractivity contribution in [3.05, 3.63) is 0 Å². The van der Waals surface area contributed by atoms with E-state index in [1.54, 1.807) is 0 Å². The van der Waals surface area contributed by atoms with Crippen LogP contribution in [0, 0.1) is 50.2 Å². The summed E-state index contributed by atoms with van der Waals surface area (Å²) in [5, 5.41) is 21.2. The monoisotopic (exact) mass is 472 g/mol. The molecular formula is C30H48O4. The van der Waals surface area contributed by atoms with Crippen LogP contribution in [0.3, 0.4) is 0 Å². The van der Waals surface area contributed by atoms with Gasteiger partial charge in [-0.1, -0.05) is 41.5 Å². The van der Waals surface area contributed by atoms with Crippen molar-refractivity contribution < 1.29 is 19.7 Å². The van der Waals surface area contributed by atoms with Crippen LogP contribution in [-0.2, 0) is 9.53 Å². The van der Waals surface area contributed by atoms with E-state index in [1.165, 1.54) is 6.42 Å². The third-order valence-electron chi connectivity index (χ3n) is 14.2. The maximum Gasteiger partial charge on any atom is 0.142 e. The third-order valence-corrected chi connectivity index (χ3v) is 14.2. The molecular weight excluding hydrogens is 424 g/mol. The normalized spacial score (nSPS) is 60.1. The fraction of sp³-hybridized carbons (Fsp3) is 0.967. The summed E-state index contributed by atoms with van der Waals surface area (Å²) in [7, 11) is 0. The summed E-state index contributed by atoms with van der Waals surface area (Å²) in [4.78, 5) is 14.1. The van der Waals surface area contributed by atoms with E-state index in [0.717, 1.165) is 51.4 Å². The molecule has 1 spiro atoms. The minimum Gasteiger partial charge on any atom is -0.396 e. The van der Waals surface area contributed by atoms with E-state index in [0.29, 0.717) is 30.6 Å². The first kappa shape index (κ1) is 23.9. The van der Waals surface area contributed by atoms with E-state index in [9.17, 15) is 15.0 Å². The van der Waals surface area contributed by atoms with Crippen LogP contribution >= 0.6 is 0 Å². The highest BCUT2D eigenvalue weighted by atomic mass is 16.5. The van der Waals surface area contributed by atoms with Crippen LogP contribution in [0.4, 0.5) is 0 Å². The number of ether oxygens (including phenoxy) is 1. The number of carbonyl (C=O) groups is 1. The Morgan fingerprint density at radius 2 is 1.59 bits per heavy atom. The molecule has 5 saturated carbocycles. The zero-order chi connectivity index (χ0) is 24.6. The van der Waals surface area contributed by atoms with E-state index in [-0.39, 0.29) is 56.7 Å². The summed E-state index contributed by atoms with van der Waals surface area (Å²) in [6.45, 7) is 15.1. The lowest BCUT2D eigenvalue weighted by atomic mass is 9.30. The van der Waals surface area contributed by atoms with Gasteiger partial charge < -0.3 is 14.9 Å². The average molecular weight is 473 g/mol. The van der Waals surface area contributed by atoms with Crippen LogP contribution in [0.5, 0.6) is 0 Å². The minimum absolute atomic E-state index is 0.0497. The van der Waals surface area contributed by atoms with Crippen molar-refractivity contribution in [2.75, 3.05) is 13.2 Å². The number of rotatable bonds is 1. The van der Waals surface area contributed by atoms with Crippen molar-refractivity contribution in [3.63, 3.8) is 0 Å². The van der Waals surface area contributed by atoms with Crippen molar-refractivity contribution in [1.29, 1.82) is 0 Å². The molecule has 1 heterocycles. The van der Waals surface area contributed by atoms with Crippen LogP contribution in [0.25, 0.3) is 0 Å². The van der Waals surface area contributed by atoms with Crippen molar-refractivity contribution in [2.45, 2.75) is 117 Å². The molecule has 0 aromatic heterocycles. The largest absolute Gasteiger partial charge is 0.396 e. The third kappa shape index (κ3) is 2.41. The Morgan fingerprint density at radius 1 is 0.882 bits per heavy atom. The molecule has 2 bridgehead atoms. The van der Waals surface area contributed by atoms with Gasteiger partial charge in [0, 0.05) is 24.4 Å². The fourth-order valence-corrected chi connectivity index (χ4v) is 11.8. The van der Waals surface area contributed by atoms with E-state index in [1.807, 2.05) is 0 Å². The topological polar surface area (TPSA) is 66.8 Å². The Kier molecular flexibility index (Phi) is 4.71. The molecule has 1 aliphatic heterocycles. The maximum atomic E-state index is 14.1. The summed E-state index contributed by atoms with van der Waals surface area (Å²) >= 11 is 0. The van der Waals surface area contributed by atoms with Crippen LogP contribution in [0.15, 0.2) is 0 Å². The first-order chi connectivity index (χ1) is 15.7. The van der Waals surface area contributed by atoms with Gasteiger partial charge in [0.05, 0.1) is 23.7 Å². The predicted octanol–water partition coefficient (Wildman–Crippen LogP) is 5.53. The summed E-state index contributed by atoms with van der Waals surface area (Å²) in [6.07, 6.45) is 9.66. The Labute approximate surface area is 206 Å². The Bertz CT molecular complexity index is 913. The van der Waals surface area contributed by atoms with Gasteiger partial charge in [-0.15, -0.1) is 0 Å². The van der Waals surface area contributed by atoms with Gasteiger partial charge in [0.25, 0.3) is 0 Å². The second-order valence-electron chi connectivity index (χ2n) is 15.5. The molecule has 0 radical (unpaired) electrons. The summed E-state index contributed by atoms with van der Waals surface area (Å²) in [6, 6.07) is 0. The number of Topliss-reactive ketones (excluding diaryl/α,β-unsaturated/α-hetero) is 1. The Balaban J connectivity index is 1.45. The summed E-state index contributed by atoms with van der Waals surface area (Å²) < 4.78 is 7.02. The van der Waals surface area contributed by atoms with Gasteiger partial charge in [-0.3, -0.25) is 4.79 Å². The molecule has 1 saturated heterocycles. The smallest absolute Gasteiger partial charge is 0.142 e. The number of aliphatic hydroxyl groups is 2. The molecule has 192 valence electrons. The molecule has 4 nitrogen and oxygen atoms in total. The van der Waals surface area contributed by atoms with Gasteiger partial charge in [-0.2, -0.15) is 0 Å². The average Bonchev–Trinajstić information content (AvgIpc) is 3.05. The minimum atomic E-state index is -0.310. The van der Waals surface area contributed by atoms with Crippen LogP contribution in [0.1, 0.15) is 106 Å². The van der Waals surface area contributed by atoms with Gasteiger partial charge in [0.2, 0.25) is 0 Å². The van der Waals surface area contributed by atoms with E-state index in [4.69, 9.17) is 4.74 Å². The Hall–Kier alpha value is -0.450. The molecule has 2 N–H and O–H groups in total. The lowest BCUT2D eigenvalue weighted by Crippen LogP contribution is -2.73. The van der Waals surface area contributed by atoms with E-state index >= 15 is 0 Å². The van der Waals surface area contributed by atoms with Crippen LogP contribution < -0.4 is 0 Å². The molecule has 6 fully saturated rings. The number of hydrogen-bond donors (Lipinski definition) is 2. The first-order valence-corrected chi connectivity index (χ1v) is 14.2. The Morgan fingerprint density at radius 3 is 2.29 bits per heavy atom. The van der Waals surface area contributed by atoms with E-state index in [2.05, 4.69) is 41.5 Å². The molecule has 0 unspecified atom stereocenters. The molecule has 6 aliphatic rings. The summed E-state index contributed by atoms with van der Waals surface area (Å²) in [5.74, 6) is 1.78. The van der Waals surface area contributed by atoms with Crippen molar-refractivity contribution in [3.8, 4) is 0 Å². The predicted molar refractivity (Wildman–Crippen MR) is 132 cm³/mol. The first-order valence-electron chi connectivity index (χ1n) is 14.2. The number of hydrogen-bond acceptors (Lipinski definition) is 4. The van der Waals surface area contributed by atoms with Gasteiger partial charge in [0.1, 0.15) is 5.78 Å². The molecule has 0 aromatic rings. The second kappa shape index (κ2) is 6.70. The zero-order valence-corrected chi connectivity index (χ0v) is 22.5. The van der Waals surface area contributed by atoms with Crippen LogP contribution in [0.2, 0.25) is 0 Å². The standard InChI is InChI=1S/C30H48O4/c1-24(2)19-7-11-27(5)20(26(19,4)10-9-22(24)32)8-12-30-21-15-25(3,17-31)13-14-29(21,18-34-30)23(33)16-28(27,30)6/h19-22,31-32H,7-18H2,1-6H3/t19-,20+,21+,22-,25+,26-,27+,28-,29+,30-/m0/s1. The number of ketones is 1. The molecule has 4 heteroatoms. The maximum absolute atomic E-state index is 14.1. The number of aliphatic hydroxyl groups excluding tert-OH is 2. The van der Waals surface area contributed by atoms with Gasteiger partial charge in [-0.05, 0) is 91.3 Å². The summed E-state index contributed by atoms with van der Waals surface area (Å²) in [5.41, 5.74) is -0.634. The highest BCUT2D eigenvalue weighted by molar-refractivity contribution is 5.88. The molecule has 34 heavy (non-hydrogen) atoms. The molecule has 0 amide bonds. The van der Waals surface area contributed by atoms with Crippen molar-refractivity contribution >= 4 is 5.78 Å². The van der Waals surface area contributed by atoms with Gasteiger partial charge >= 0.3 is 0 Å². The highest BCUT2D eigenvalue weighted by Gasteiger charge is 2.80. The lowest BCUT2D eigenvalue weighted by Gasteiger charge is -2.74. The quantitative estimate of drug-likeness (QED) is 0.526. The SMILES string of the molecule is CC1(C)[C@@H](O)CC[C@]2(C)[C@H]3CC[C@]45OC[C@@]6(CC[C@@](C)(CO)C[C@H]64)C(=O)C[C@@]5(C)[C@]3(C)CC[C@@H]12. The molecule has 5 aliphatic carbocycles. The number of carbonyl (C=O) groups excluding carboxylic acids is 1. The second-order valence-corrected chi connectivity index (χ2v) is 15.5. The van der Waals surface area contributed by atoms with Gasteiger partial charge in [0.15, 0.2) is 0 Å². The number of fused-ring (bicyclic) bond motifs is 4. The van der Waals surface area contributed by atoms with E-state index < -0.39 is 0 Å². The lowest BCUT2D eigenvalue weighted by molar-refractivity contribution is -0.283. The highest BCUT2D eigenvalue weighted by Crippen LogP contribution is 2.79. The van der Waals surface area contributed by atoms with Gasteiger partial charge in [-0.25, -0.2) is 0 Å². The zero-order valence-electron chi connectivity index (χ0n) is 22.5.